The van der Waals surface area contributed by atoms with Crippen LogP contribution < -0.4 is 5.32 Å². The van der Waals surface area contributed by atoms with Gasteiger partial charge in [-0.15, -0.1) is 11.3 Å². The minimum absolute atomic E-state index is 0.111. The van der Waals surface area contributed by atoms with Crippen LogP contribution in [0.15, 0.2) is 30.5 Å². The summed E-state index contributed by atoms with van der Waals surface area (Å²) < 4.78 is 0. The second-order valence-corrected chi connectivity index (χ2v) is 5.32. The van der Waals surface area contributed by atoms with Gasteiger partial charge in [-0.2, -0.15) is 0 Å². The second kappa shape index (κ2) is 6.85. The summed E-state index contributed by atoms with van der Waals surface area (Å²) in [5, 5.41) is 12.3. The van der Waals surface area contributed by atoms with E-state index in [0.717, 1.165) is 16.1 Å². The molecule has 2 aromatic rings. The molecular formula is C15H14N2O2S. The van der Waals surface area contributed by atoms with E-state index < -0.39 is 0 Å². The highest BCUT2D eigenvalue weighted by Gasteiger charge is 2.08. The SMILES string of the molecule is Cc1ncc(C(=O)NCc2ccc(C#CCO)cc2)s1. The molecule has 0 atom stereocenters. The predicted octanol–water partition coefficient (Wildman–Crippen LogP) is 1.73. The third-order valence-corrected chi connectivity index (χ3v) is 3.48. The lowest BCUT2D eigenvalue weighted by Gasteiger charge is -2.03. The number of aromatic nitrogens is 1. The molecule has 20 heavy (non-hydrogen) atoms. The van der Waals surface area contributed by atoms with Gasteiger partial charge < -0.3 is 10.4 Å². The molecule has 0 bridgehead atoms. The molecule has 0 aliphatic carbocycles. The molecule has 1 amide bonds. The van der Waals surface area contributed by atoms with E-state index in [1.165, 1.54) is 11.3 Å². The Bertz CT molecular complexity index is 651. The van der Waals surface area contributed by atoms with Crippen molar-refractivity contribution < 1.29 is 9.90 Å². The van der Waals surface area contributed by atoms with E-state index in [2.05, 4.69) is 22.1 Å². The molecule has 5 heteroatoms. The van der Waals surface area contributed by atoms with Crippen LogP contribution in [-0.4, -0.2) is 22.6 Å². The average Bonchev–Trinajstić information content (AvgIpc) is 2.90. The normalized spacial score (nSPS) is 9.70. The summed E-state index contributed by atoms with van der Waals surface area (Å²) in [7, 11) is 0. The third kappa shape index (κ3) is 3.92. The molecule has 0 radical (unpaired) electrons. The van der Waals surface area contributed by atoms with Gasteiger partial charge >= 0.3 is 0 Å². The summed E-state index contributed by atoms with van der Waals surface area (Å²) in [5.41, 5.74) is 1.83. The number of carbonyl (C=O) groups excluding carboxylic acids is 1. The minimum Gasteiger partial charge on any atom is -0.384 e. The first-order chi connectivity index (χ1) is 9.69. The van der Waals surface area contributed by atoms with Crippen LogP contribution in [0.4, 0.5) is 0 Å². The van der Waals surface area contributed by atoms with Gasteiger partial charge in [0.25, 0.3) is 5.91 Å². The van der Waals surface area contributed by atoms with E-state index in [1.54, 1.807) is 6.20 Å². The fraction of sp³-hybridized carbons (Fsp3) is 0.200. The van der Waals surface area contributed by atoms with Crippen molar-refractivity contribution in [2.75, 3.05) is 6.61 Å². The van der Waals surface area contributed by atoms with E-state index in [-0.39, 0.29) is 12.5 Å². The Morgan fingerprint density at radius 2 is 2.15 bits per heavy atom. The molecule has 0 saturated heterocycles. The Morgan fingerprint density at radius 3 is 2.75 bits per heavy atom. The highest BCUT2D eigenvalue weighted by Crippen LogP contribution is 2.11. The van der Waals surface area contributed by atoms with E-state index >= 15 is 0 Å². The molecule has 2 N–H and O–H groups in total. The number of nitrogens with one attached hydrogen (secondary N) is 1. The maximum Gasteiger partial charge on any atom is 0.263 e. The largest absolute Gasteiger partial charge is 0.384 e. The smallest absolute Gasteiger partial charge is 0.263 e. The number of aliphatic hydroxyl groups is 1. The van der Waals surface area contributed by atoms with Crippen molar-refractivity contribution in [3.8, 4) is 11.8 Å². The lowest BCUT2D eigenvalue weighted by Crippen LogP contribution is -2.21. The number of nitrogens with zero attached hydrogens (tertiary/aromatic N) is 1. The molecule has 2 rings (SSSR count). The first kappa shape index (κ1) is 14.3. The van der Waals surface area contributed by atoms with Crippen molar-refractivity contribution in [1.29, 1.82) is 0 Å². The maximum absolute atomic E-state index is 11.8. The van der Waals surface area contributed by atoms with Crippen molar-refractivity contribution in [2.45, 2.75) is 13.5 Å². The van der Waals surface area contributed by atoms with Gasteiger partial charge in [-0.1, -0.05) is 24.0 Å². The molecule has 0 aliphatic rings. The zero-order valence-electron chi connectivity index (χ0n) is 11.0. The number of benzene rings is 1. The maximum atomic E-state index is 11.8. The van der Waals surface area contributed by atoms with Gasteiger partial charge in [0.15, 0.2) is 0 Å². The van der Waals surface area contributed by atoms with Gasteiger partial charge in [0.1, 0.15) is 11.5 Å². The average molecular weight is 286 g/mol. The molecule has 102 valence electrons. The van der Waals surface area contributed by atoms with E-state index in [4.69, 9.17) is 5.11 Å². The standard InChI is InChI=1S/C15H14N2O2S/c1-11-16-10-14(20-11)15(19)17-9-13-6-4-12(5-7-13)3-2-8-18/h4-7,10,18H,8-9H2,1H3,(H,17,19). The van der Waals surface area contributed by atoms with Crippen LogP contribution in [0.25, 0.3) is 0 Å². The van der Waals surface area contributed by atoms with Crippen LogP contribution in [0.1, 0.15) is 25.8 Å². The monoisotopic (exact) mass is 286 g/mol. The Balaban J connectivity index is 1.92. The number of thiazole rings is 1. The lowest BCUT2D eigenvalue weighted by atomic mass is 10.1. The van der Waals surface area contributed by atoms with Gasteiger partial charge in [0, 0.05) is 12.1 Å². The molecule has 1 aromatic carbocycles. The summed E-state index contributed by atoms with van der Waals surface area (Å²) >= 11 is 1.38. The first-order valence-electron chi connectivity index (χ1n) is 6.08. The topological polar surface area (TPSA) is 62.2 Å². The number of amides is 1. The predicted molar refractivity (Wildman–Crippen MR) is 78.4 cm³/mol. The number of carbonyl (C=O) groups is 1. The second-order valence-electron chi connectivity index (χ2n) is 4.08. The van der Waals surface area contributed by atoms with E-state index in [0.29, 0.717) is 11.4 Å². The van der Waals surface area contributed by atoms with Crippen LogP contribution in [0.3, 0.4) is 0 Å². The van der Waals surface area contributed by atoms with Gasteiger partial charge in [-0.25, -0.2) is 4.98 Å². The number of aryl methyl sites for hydroxylation is 1. The Morgan fingerprint density at radius 1 is 1.40 bits per heavy atom. The molecule has 0 saturated carbocycles. The zero-order valence-corrected chi connectivity index (χ0v) is 11.8. The van der Waals surface area contributed by atoms with Crippen molar-refractivity contribution >= 4 is 17.2 Å². The number of hydrogen-bond acceptors (Lipinski definition) is 4. The molecule has 0 aliphatic heterocycles. The number of rotatable bonds is 3. The highest BCUT2D eigenvalue weighted by molar-refractivity contribution is 7.13. The van der Waals surface area contributed by atoms with Crippen molar-refractivity contribution in [3.63, 3.8) is 0 Å². The summed E-state index contributed by atoms with van der Waals surface area (Å²) in [4.78, 5) is 16.5. The Labute approximate surface area is 121 Å². The molecule has 1 heterocycles. The third-order valence-electron chi connectivity index (χ3n) is 2.56. The Kier molecular flexibility index (Phi) is 4.88. The van der Waals surface area contributed by atoms with Gasteiger partial charge in [-0.3, -0.25) is 4.79 Å². The van der Waals surface area contributed by atoms with Crippen molar-refractivity contribution in [3.05, 3.63) is 51.5 Å². The molecule has 4 nitrogen and oxygen atoms in total. The summed E-state index contributed by atoms with van der Waals surface area (Å²) in [6.07, 6.45) is 1.59. The van der Waals surface area contributed by atoms with Gasteiger partial charge in [-0.05, 0) is 24.6 Å². The highest BCUT2D eigenvalue weighted by atomic mass is 32.1. The fourth-order valence-corrected chi connectivity index (χ4v) is 2.28. The summed E-state index contributed by atoms with van der Waals surface area (Å²) in [6.45, 7) is 2.18. The molecule has 1 aromatic heterocycles. The minimum atomic E-state index is -0.147. The van der Waals surface area contributed by atoms with Crippen molar-refractivity contribution in [2.24, 2.45) is 0 Å². The Hall–Kier alpha value is -2.16. The van der Waals surface area contributed by atoms with Crippen LogP contribution in [-0.2, 0) is 6.54 Å². The molecule has 0 unspecified atom stereocenters. The van der Waals surface area contributed by atoms with Crippen LogP contribution in [0.5, 0.6) is 0 Å². The zero-order chi connectivity index (χ0) is 14.4. The van der Waals surface area contributed by atoms with E-state index in [1.807, 2.05) is 31.2 Å². The van der Waals surface area contributed by atoms with Crippen LogP contribution >= 0.6 is 11.3 Å². The fourth-order valence-electron chi connectivity index (χ4n) is 1.58. The molecule has 0 spiro atoms. The van der Waals surface area contributed by atoms with E-state index in [9.17, 15) is 4.79 Å². The van der Waals surface area contributed by atoms with Crippen molar-refractivity contribution in [1.82, 2.24) is 10.3 Å². The van der Waals surface area contributed by atoms with Gasteiger partial charge in [0.05, 0.1) is 11.2 Å². The summed E-state index contributed by atoms with van der Waals surface area (Å²) in [5.74, 6) is 5.30. The molecular weight excluding hydrogens is 272 g/mol. The first-order valence-corrected chi connectivity index (χ1v) is 6.90. The summed E-state index contributed by atoms with van der Waals surface area (Å²) in [6, 6.07) is 7.53. The number of hydrogen-bond donors (Lipinski definition) is 2. The lowest BCUT2D eigenvalue weighted by molar-refractivity contribution is 0.0955. The quantitative estimate of drug-likeness (QED) is 0.845. The van der Waals surface area contributed by atoms with Gasteiger partial charge in [0.2, 0.25) is 0 Å². The molecule has 0 fully saturated rings. The van der Waals surface area contributed by atoms with Crippen LogP contribution in [0, 0.1) is 18.8 Å². The number of aliphatic hydroxyl groups excluding tert-OH is 1. The van der Waals surface area contributed by atoms with Crippen LogP contribution in [0.2, 0.25) is 0 Å².